The van der Waals surface area contributed by atoms with Crippen molar-refractivity contribution in [3.05, 3.63) is 4.91 Å². The number of hydrogen-bond acceptors (Lipinski definition) is 2. The Bertz CT molecular complexity index is 17.1. The zero-order chi connectivity index (χ0) is 2.71. The van der Waals surface area contributed by atoms with Crippen LogP contribution in [0.4, 0.5) is 0 Å². The van der Waals surface area contributed by atoms with Crippen LogP contribution >= 0.6 is 0 Å². The van der Waals surface area contributed by atoms with Crippen LogP contribution in [0.1, 0.15) is 0 Å². The van der Waals surface area contributed by atoms with Gasteiger partial charge in [0.1, 0.15) is 0 Å². The molecule has 0 spiro atoms. The van der Waals surface area contributed by atoms with Crippen molar-refractivity contribution in [2.24, 2.45) is 5.34 Å². The van der Waals surface area contributed by atoms with E-state index in [9.17, 15) is 0 Å². The molecule has 1 N–H and O–H groups in total. The number of hydrogen-bond donors (Lipinski definition) is 1. The van der Waals surface area contributed by atoms with Gasteiger partial charge in [0, 0.05) is 0 Å². The van der Waals surface area contributed by atoms with Crippen LogP contribution in [0.25, 0.3) is 0 Å². The van der Waals surface area contributed by atoms with Gasteiger partial charge in [-0.05, 0) is 0 Å². The van der Waals surface area contributed by atoms with E-state index < -0.39 is 0 Å². The molecule has 3 nitrogen and oxygen atoms in total. The summed E-state index contributed by atoms with van der Waals surface area (Å²) in [5, 5.41) is 7.89. The molecule has 0 rings (SSSR count). The van der Waals surface area contributed by atoms with Gasteiger partial charge in [-0.25, -0.2) is 0 Å². The second-order valence-electron chi connectivity index (χ2n) is 0.0816. The Labute approximate surface area is 69.8 Å². The standard InChI is InChI=1S/Al.Ca.HNO2.5H/c;;2-1-3;;;;;/h;;(H,2,3);;;;;. The van der Waals surface area contributed by atoms with Crippen molar-refractivity contribution in [2.45, 2.75) is 0 Å². The topological polar surface area (TPSA) is 49.7 Å². The van der Waals surface area contributed by atoms with Crippen molar-refractivity contribution >= 4 is 55.1 Å². The van der Waals surface area contributed by atoms with E-state index in [0.29, 0.717) is 0 Å². The van der Waals surface area contributed by atoms with Gasteiger partial charge in [0.05, 0.1) is 0 Å². The van der Waals surface area contributed by atoms with Crippen molar-refractivity contribution < 1.29 is 5.21 Å². The molecule has 5 heavy (non-hydrogen) atoms. The van der Waals surface area contributed by atoms with E-state index in [1.807, 2.05) is 0 Å². The first-order chi connectivity index (χ1) is 1.41. The normalized spacial score (nSPS) is 2.40. The summed E-state index contributed by atoms with van der Waals surface area (Å²) < 4.78 is 0. The second-order valence-corrected chi connectivity index (χ2v) is 0.0816. The zero-order valence-electron chi connectivity index (χ0n) is 1.30. The summed E-state index contributed by atoms with van der Waals surface area (Å²) in [6.45, 7) is 0. The average molecular weight is 119 g/mol. The van der Waals surface area contributed by atoms with Crippen LogP contribution in [0, 0.1) is 4.91 Å². The van der Waals surface area contributed by atoms with Crippen LogP contribution in [0.15, 0.2) is 5.34 Å². The predicted octanol–water partition coefficient (Wildman–Crippen LogP) is -1.96. The van der Waals surface area contributed by atoms with Gasteiger partial charge in [0.2, 0.25) is 0 Å². The Kier molecular flexibility index (Phi) is 62.2. The van der Waals surface area contributed by atoms with E-state index in [2.05, 4.69) is 0 Å². The molecule has 0 aromatic heterocycles. The van der Waals surface area contributed by atoms with Crippen molar-refractivity contribution in [2.75, 3.05) is 0 Å². The molecule has 0 unspecified atom stereocenters. The van der Waals surface area contributed by atoms with Crippen molar-refractivity contribution in [1.82, 2.24) is 0 Å². The monoisotopic (exact) mass is 119 g/mol. The van der Waals surface area contributed by atoms with E-state index in [4.69, 9.17) is 10.1 Å². The Morgan fingerprint density at radius 2 is 1.60 bits per heavy atom. The van der Waals surface area contributed by atoms with Crippen LogP contribution < -0.4 is 0 Å². The van der Waals surface area contributed by atoms with Gasteiger partial charge in [-0.2, -0.15) is 0 Å². The van der Waals surface area contributed by atoms with Gasteiger partial charge in [0.15, 0.2) is 22.7 Å². The van der Waals surface area contributed by atoms with E-state index in [1.165, 1.54) is 5.34 Å². The summed E-state index contributed by atoms with van der Waals surface area (Å²) >= 11 is 0. The third kappa shape index (κ3) is 37.2. The molecular formula is H6AlCaNO2. The second kappa shape index (κ2) is 19.0. The summed E-state index contributed by atoms with van der Waals surface area (Å²) in [5.41, 5.74) is 0. The van der Waals surface area contributed by atoms with Gasteiger partial charge >= 0.3 is 37.7 Å². The quantitative estimate of drug-likeness (QED) is 0.229. The first-order valence-electron chi connectivity index (χ1n) is 0.383. The molecule has 0 saturated heterocycles. The molecule has 0 aromatic carbocycles. The molecule has 0 aliphatic carbocycles. The fourth-order valence-electron chi connectivity index (χ4n) is 0. The van der Waals surface area contributed by atoms with E-state index in [-0.39, 0.29) is 55.1 Å². The molecule has 0 radical (unpaired) electrons. The summed E-state index contributed by atoms with van der Waals surface area (Å²) in [4.78, 5) is 8.11. The summed E-state index contributed by atoms with van der Waals surface area (Å²) in [6.07, 6.45) is 0. The summed E-state index contributed by atoms with van der Waals surface area (Å²) in [6, 6.07) is 0. The number of rotatable bonds is 0. The molecule has 0 amide bonds. The summed E-state index contributed by atoms with van der Waals surface area (Å²) in [5.74, 6) is 0. The maximum absolute atomic E-state index is 8.11. The van der Waals surface area contributed by atoms with Crippen LogP contribution in [-0.2, 0) is 0 Å². The van der Waals surface area contributed by atoms with E-state index in [1.54, 1.807) is 0 Å². The van der Waals surface area contributed by atoms with Crippen LogP contribution in [0.5, 0.6) is 0 Å². The molecular weight excluding hydrogens is 113 g/mol. The van der Waals surface area contributed by atoms with Crippen LogP contribution in [-0.4, -0.2) is 60.3 Å². The van der Waals surface area contributed by atoms with Crippen LogP contribution in [0.3, 0.4) is 0 Å². The first-order valence-corrected chi connectivity index (χ1v) is 0.383. The van der Waals surface area contributed by atoms with E-state index in [0.717, 1.165) is 0 Å². The van der Waals surface area contributed by atoms with Gasteiger partial charge in [0.25, 0.3) is 0 Å². The average Bonchev–Trinajstić information content (AvgIpc) is 0.918. The minimum atomic E-state index is 0. The zero-order valence-corrected chi connectivity index (χ0v) is 1.30. The van der Waals surface area contributed by atoms with Crippen LogP contribution in [0.2, 0.25) is 0 Å². The predicted molar refractivity (Wildman–Crippen MR) is 26.1 cm³/mol. The van der Waals surface area contributed by atoms with Crippen molar-refractivity contribution in [3.8, 4) is 0 Å². The Balaban J connectivity index is -0.0000000200. The fraction of sp³-hybridized carbons (Fsp3) is 0. The number of nitrogens with zero attached hydrogens (tertiary/aromatic N) is 1. The molecule has 0 aliphatic heterocycles. The SMILES string of the molecule is O=NO.[AlH3].[CaH2]. The Morgan fingerprint density at radius 1 is 1.60 bits per heavy atom. The van der Waals surface area contributed by atoms with Crippen molar-refractivity contribution in [1.29, 1.82) is 0 Å². The molecule has 0 atom stereocenters. The molecule has 0 fully saturated rings. The molecule has 0 bridgehead atoms. The van der Waals surface area contributed by atoms with Gasteiger partial charge in [-0.15, -0.1) is 4.91 Å². The first kappa shape index (κ1) is 16.4. The molecule has 5 heteroatoms. The van der Waals surface area contributed by atoms with Gasteiger partial charge in [-0.1, -0.05) is 0 Å². The maximum atomic E-state index is 8.11. The molecule has 0 aromatic rings. The third-order valence-electron chi connectivity index (χ3n) is 0. The molecule has 0 heterocycles. The molecule has 0 aliphatic rings. The molecule has 0 saturated carbocycles. The van der Waals surface area contributed by atoms with E-state index >= 15 is 0 Å². The van der Waals surface area contributed by atoms with Crippen molar-refractivity contribution in [3.63, 3.8) is 0 Å². The fourth-order valence-corrected chi connectivity index (χ4v) is 0. The van der Waals surface area contributed by atoms with Gasteiger partial charge in [-0.3, -0.25) is 0 Å². The Hall–Kier alpha value is 1.19. The third-order valence-corrected chi connectivity index (χ3v) is 0. The minimum absolute atomic E-state index is 0. The Morgan fingerprint density at radius 3 is 1.60 bits per heavy atom. The van der Waals surface area contributed by atoms with Gasteiger partial charge < -0.3 is 5.21 Å². The molecule has 28 valence electrons. The summed E-state index contributed by atoms with van der Waals surface area (Å²) in [7, 11) is 0.